The number of rotatable bonds is 1. The number of hydrogen-bond donors (Lipinski definition) is 0. The zero-order valence-electron chi connectivity index (χ0n) is 9.78. The van der Waals surface area contributed by atoms with Gasteiger partial charge in [0.25, 0.3) is 0 Å². The molecule has 0 aliphatic carbocycles. The average Bonchev–Trinajstić information content (AvgIpc) is 2.27. The van der Waals surface area contributed by atoms with Crippen LogP contribution in [0, 0.1) is 13.8 Å². The van der Waals surface area contributed by atoms with Crippen molar-refractivity contribution in [2.24, 2.45) is 0 Å². The third-order valence-corrected chi connectivity index (χ3v) is 2.41. The molecule has 18 heavy (non-hydrogen) atoms. The molecule has 0 aliphatic rings. The Kier molecular flexibility index (Phi) is 3.02. The van der Waals surface area contributed by atoms with Gasteiger partial charge < -0.3 is 0 Å². The third-order valence-electron chi connectivity index (χ3n) is 2.41. The van der Waals surface area contributed by atoms with E-state index >= 15 is 0 Å². The van der Waals surface area contributed by atoms with Crippen LogP contribution in [-0.4, -0.2) is 15.0 Å². The lowest BCUT2D eigenvalue weighted by atomic mass is 10.1. The summed E-state index contributed by atoms with van der Waals surface area (Å²) in [5.41, 5.74) is 0.609. The molecule has 6 heteroatoms. The highest BCUT2D eigenvalue weighted by molar-refractivity contribution is 5.57. The summed E-state index contributed by atoms with van der Waals surface area (Å²) in [4.78, 5) is 11.7. The molecule has 0 N–H and O–H groups in total. The number of pyridine rings is 1. The molecule has 0 radical (unpaired) electrons. The second-order valence-electron chi connectivity index (χ2n) is 3.85. The molecule has 0 unspecified atom stereocenters. The molecular formula is C12H10F3N3. The van der Waals surface area contributed by atoms with Crippen LogP contribution in [0.4, 0.5) is 13.2 Å². The maximum absolute atomic E-state index is 12.5. The molecule has 0 bridgehead atoms. The molecule has 2 rings (SSSR count). The van der Waals surface area contributed by atoms with Crippen molar-refractivity contribution in [2.75, 3.05) is 0 Å². The molecule has 0 aliphatic heterocycles. The topological polar surface area (TPSA) is 38.7 Å². The number of aromatic nitrogens is 3. The van der Waals surface area contributed by atoms with E-state index in [1.807, 2.05) is 0 Å². The van der Waals surface area contributed by atoms with Gasteiger partial charge in [-0.1, -0.05) is 0 Å². The van der Waals surface area contributed by atoms with E-state index in [1.165, 1.54) is 13.0 Å². The zero-order valence-corrected chi connectivity index (χ0v) is 9.78. The normalized spacial score (nSPS) is 11.6. The van der Waals surface area contributed by atoms with Gasteiger partial charge in [-0.15, -0.1) is 0 Å². The van der Waals surface area contributed by atoms with Gasteiger partial charge in [0.1, 0.15) is 5.69 Å². The first kappa shape index (κ1) is 12.5. The minimum Gasteiger partial charge on any atom is -0.248 e. The van der Waals surface area contributed by atoms with Crippen LogP contribution < -0.4 is 0 Å². The van der Waals surface area contributed by atoms with E-state index in [-0.39, 0.29) is 5.69 Å². The minimum atomic E-state index is -4.43. The third kappa shape index (κ3) is 2.47. The van der Waals surface area contributed by atoms with Gasteiger partial charge in [0, 0.05) is 23.1 Å². The first-order valence-electron chi connectivity index (χ1n) is 5.23. The minimum absolute atomic E-state index is 0.260. The Bertz CT molecular complexity index is 579. The quantitative estimate of drug-likeness (QED) is 0.783. The summed E-state index contributed by atoms with van der Waals surface area (Å²) in [5, 5.41) is 0. The Morgan fingerprint density at radius 1 is 1.00 bits per heavy atom. The Morgan fingerprint density at radius 2 is 1.72 bits per heavy atom. The smallest absolute Gasteiger partial charge is 0.248 e. The van der Waals surface area contributed by atoms with Crippen molar-refractivity contribution in [1.29, 1.82) is 0 Å². The van der Waals surface area contributed by atoms with E-state index in [4.69, 9.17) is 0 Å². The first-order chi connectivity index (χ1) is 8.38. The lowest BCUT2D eigenvalue weighted by Crippen LogP contribution is -2.09. The molecule has 94 valence electrons. The van der Waals surface area contributed by atoms with Crippen LogP contribution in [0.15, 0.2) is 24.4 Å². The number of aryl methyl sites for hydroxylation is 2. The molecule has 0 saturated carbocycles. The van der Waals surface area contributed by atoms with Crippen LogP contribution in [0.2, 0.25) is 0 Å². The van der Waals surface area contributed by atoms with Gasteiger partial charge in [0.2, 0.25) is 0 Å². The number of halogens is 3. The van der Waals surface area contributed by atoms with Crippen molar-refractivity contribution in [1.82, 2.24) is 15.0 Å². The van der Waals surface area contributed by atoms with E-state index in [2.05, 4.69) is 15.0 Å². The van der Waals surface area contributed by atoms with Gasteiger partial charge >= 0.3 is 6.18 Å². The van der Waals surface area contributed by atoms with E-state index in [1.54, 1.807) is 19.2 Å². The summed E-state index contributed by atoms with van der Waals surface area (Å²) in [5.74, 6) is 0.383. The second kappa shape index (κ2) is 4.36. The number of alkyl halides is 3. The molecule has 0 atom stereocenters. The lowest BCUT2D eigenvalue weighted by molar-refractivity contribution is -0.141. The standard InChI is InChI=1S/C12H10F3N3/c1-7-5-6-16-11(17-7)9-3-4-10(12(13,14)15)18-8(9)2/h3-6H,1-2H3. The van der Waals surface area contributed by atoms with E-state index in [9.17, 15) is 13.2 Å². The molecule has 0 saturated heterocycles. The van der Waals surface area contributed by atoms with E-state index in [0.29, 0.717) is 11.4 Å². The van der Waals surface area contributed by atoms with Crippen molar-refractivity contribution in [2.45, 2.75) is 20.0 Å². The average molecular weight is 253 g/mol. The number of hydrogen-bond acceptors (Lipinski definition) is 3. The second-order valence-corrected chi connectivity index (χ2v) is 3.85. The zero-order chi connectivity index (χ0) is 13.3. The maximum atomic E-state index is 12.5. The molecule has 0 spiro atoms. The summed E-state index contributed by atoms with van der Waals surface area (Å²) in [7, 11) is 0. The van der Waals surface area contributed by atoms with Gasteiger partial charge in [0.05, 0.1) is 0 Å². The predicted molar refractivity (Wildman–Crippen MR) is 59.7 cm³/mol. The van der Waals surface area contributed by atoms with Crippen molar-refractivity contribution in [3.8, 4) is 11.4 Å². The monoisotopic (exact) mass is 253 g/mol. The highest BCUT2D eigenvalue weighted by atomic mass is 19.4. The highest BCUT2D eigenvalue weighted by Crippen LogP contribution is 2.29. The van der Waals surface area contributed by atoms with Crippen LogP contribution in [0.3, 0.4) is 0 Å². The van der Waals surface area contributed by atoms with Crippen molar-refractivity contribution in [3.05, 3.63) is 41.5 Å². The summed E-state index contributed by atoms with van der Waals surface area (Å²) in [6.45, 7) is 3.30. The highest BCUT2D eigenvalue weighted by Gasteiger charge is 2.32. The van der Waals surface area contributed by atoms with E-state index < -0.39 is 11.9 Å². The maximum Gasteiger partial charge on any atom is 0.433 e. The van der Waals surface area contributed by atoms with Crippen molar-refractivity contribution in [3.63, 3.8) is 0 Å². The van der Waals surface area contributed by atoms with Crippen LogP contribution >= 0.6 is 0 Å². The summed E-state index contributed by atoms with van der Waals surface area (Å²) < 4.78 is 37.4. The molecule has 2 heterocycles. The van der Waals surface area contributed by atoms with Crippen LogP contribution in [0.5, 0.6) is 0 Å². The molecule has 0 aromatic carbocycles. The summed E-state index contributed by atoms with van der Waals surface area (Å²) >= 11 is 0. The number of nitrogens with zero attached hydrogens (tertiary/aromatic N) is 3. The molecule has 3 nitrogen and oxygen atoms in total. The molecular weight excluding hydrogens is 243 g/mol. The summed E-state index contributed by atoms with van der Waals surface area (Å²) in [6.07, 6.45) is -2.87. The Morgan fingerprint density at radius 3 is 2.28 bits per heavy atom. The van der Waals surface area contributed by atoms with Crippen LogP contribution in [0.25, 0.3) is 11.4 Å². The largest absolute Gasteiger partial charge is 0.433 e. The lowest BCUT2D eigenvalue weighted by Gasteiger charge is -2.09. The van der Waals surface area contributed by atoms with Crippen LogP contribution in [0.1, 0.15) is 17.1 Å². The van der Waals surface area contributed by atoms with Gasteiger partial charge in [0.15, 0.2) is 5.82 Å². The molecule has 2 aromatic rings. The van der Waals surface area contributed by atoms with Crippen molar-refractivity contribution < 1.29 is 13.2 Å². The molecule has 0 amide bonds. The predicted octanol–water partition coefficient (Wildman–Crippen LogP) is 3.17. The van der Waals surface area contributed by atoms with E-state index in [0.717, 1.165) is 11.8 Å². The fourth-order valence-corrected chi connectivity index (χ4v) is 1.53. The van der Waals surface area contributed by atoms with Gasteiger partial charge in [-0.25, -0.2) is 15.0 Å². The molecule has 0 fully saturated rings. The van der Waals surface area contributed by atoms with Crippen molar-refractivity contribution >= 4 is 0 Å². The van der Waals surface area contributed by atoms with Crippen LogP contribution in [-0.2, 0) is 6.18 Å². The molecule has 2 aromatic heterocycles. The fraction of sp³-hybridized carbons (Fsp3) is 0.250. The Hall–Kier alpha value is -1.98. The van der Waals surface area contributed by atoms with Gasteiger partial charge in [-0.05, 0) is 32.0 Å². The Labute approximate surface area is 102 Å². The first-order valence-corrected chi connectivity index (χ1v) is 5.23. The van der Waals surface area contributed by atoms with Gasteiger partial charge in [-0.2, -0.15) is 13.2 Å². The fourth-order valence-electron chi connectivity index (χ4n) is 1.53. The SMILES string of the molecule is Cc1ccnc(-c2ccc(C(F)(F)F)nc2C)n1. The summed E-state index contributed by atoms with van der Waals surface area (Å²) in [6, 6.07) is 4.00. The van der Waals surface area contributed by atoms with Gasteiger partial charge in [-0.3, -0.25) is 0 Å². The Balaban J connectivity index is 2.48.